The first-order valence-corrected chi connectivity index (χ1v) is 9.90. The standard InChI is InChI=1S/C21H21ClN2O2S/c1-13(18(25)14-5-9-16(10-6-14)21(2,3)4)27-20-24-23-19(26-20)15-7-11-17(22)12-8-15/h5-13H,1-4H3. The van der Waals surface area contributed by atoms with E-state index in [0.717, 1.165) is 5.56 Å². The Hall–Kier alpha value is -2.11. The number of carbonyl (C=O) groups is 1. The maximum absolute atomic E-state index is 12.7. The zero-order valence-corrected chi connectivity index (χ0v) is 17.3. The summed E-state index contributed by atoms with van der Waals surface area (Å²) >= 11 is 7.15. The third-order valence-electron chi connectivity index (χ3n) is 4.18. The number of halogens is 1. The van der Waals surface area contributed by atoms with Gasteiger partial charge in [-0.1, -0.05) is 68.4 Å². The van der Waals surface area contributed by atoms with Crippen molar-refractivity contribution in [2.75, 3.05) is 0 Å². The summed E-state index contributed by atoms with van der Waals surface area (Å²) in [5.74, 6) is 0.440. The third-order valence-corrected chi connectivity index (χ3v) is 5.37. The van der Waals surface area contributed by atoms with Gasteiger partial charge in [-0.15, -0.1) is 10.2 Å². The largest absolute Gasteiger partial charge is 0.411 e. The van der Waals surface area contributed by atoms with Crippen LogP contribution < -0.4 is 0 Å². The first-order valence-electron chi connectivity index (χ1n) is 8.65. The van der Waals surface area contributed by atoms with Crippen LogP contribution in [0.5, 0.6) is 0 Å². The highest BCUT2D eigenvalue weighted by Gasteiger charge is 2.21. The summed E-state index contributed by atoms with van der Waals surface area (Å²) in [5, 5.41) is 8.77. The van der Waals surface area contributed by atoms with Crippen LogP contribution in [0.4, 0.5) is 0 Å². The second-order valence-electron chi connectivity index (χ2n) is 7.33. The van der Waals surface area contributed by atoms with Gasteiger partial charge in [0.1, 0.15) is 0 Å². The lowest BCUT2D eigenvalue weighted by atomic mass is 9.86. The smallest absolute Gasteiger partial charge is 0.277 e. The number of hydrogen-bond acceptors (Lipinski definition) is 5. The number of thioether (sulfide) groups is 1. The molecular formula is C21H21ClN2O2S. The SMILES string of the molecule is CC(Sc1nnc(-c2ccc(Cl)cc2)o1)C(=O)c1ccc(C(C)(C)C)cc1. The molecule has 1 heterocycles. The molecule has 0 bridgehead atoms. The predicted octanol–water partition coefficient (Wildman–Crippen LogP) is 6.05. The van der Waals surface area contributed by atoms with Crippen molar-refractivity contribution in [3.63, 3.8) is 0 Å². The van der Waals surface area contributed by atoms with Crippen molar-refractivity contribution in [2.24, 2.45) is 0 Å². The Morgan fingerprint density at radius 1 is 1.04 bits per heavy atom. The normalized spacial score (nSPS) is 12.8. The van der Waals surface area contributed by atoms with Gasteiger partial charge in [-0.25, -0.2) is 0 Å². The van der Waals surface area contributed by atoms with Crippen LogP contribution in [0, 0.1) is 0 Å². The summed E-state index contributed by atoms with van der Waals surface area (Å²) in [5.41, 5.74) is 2.73. The van der Waals surface area contributed by atoms with Crippen LogP contribution in [0.25, 0.3) is 11.5 Å². The quantitative estimate of drug-likeness (QED) is 0.385. The van der Waals surface area contributed by atoms with E-state index in [9.17, 15) is 4.79 Å². The Morgan fingerprint density at radius 2 is 1.67 bits per heavy atom. The minimum absolute atomic E-state index is 0.0340. The van der Waals surface area contributed by atoms with Crippen LogP contribution in [-0.2, 0) is 5.41 Å². The Bertz CT molecular complexity index is 928. The first kappa shape index (κ1) is 19.6. The second-order valence-corrected chi connectivity index (χ2v) is 9.06. The number of aromatic nitrogens is 2. The minimum atomic E-state index is -0.330. The van der Waals surface area contributed by atoms with E-state index in [4.69, 9.17) is 16.0 Å². The van der Waals surface area contributed by atoms with Crippen LogP contribution in [0.3, 0.4) is 0 Å². The molecular weight excluding hydrogens is 380 g/mol. The monoisotopic (exact) mass is 400 g/mol. The molecule has 0 fully saturated rings. The molecule has 1 atom stereocenters. The topological polar surface area (TPSA) is 56.0 Å². The molecule has 0 radical (unpaired) electrons. The zero-order chi connectivity index (χ0) is 19.6. The molecule has 140 valence electrons. The van der Waals surface area contributed by atoms with Crippen molar-refractivity contribution in [1.29, 1.82) is 0 Å². The van der Waals surface area contributed by atoms with Crippen molar-refractivity contribution in [3.8, 4) is 11.5 Å². The van der Waals surface area contributed by atoms with Crippen LogP contribution in [0.2, 0.25) is 5.02 Å². The van der Waals surface area contributed by atoms with E-state index in [1.165, 1.54) is 17.3 Å². The molecule has 0 amide bonds. The van der Waals surface area contributed by atoms with Gasteiger partial charge in [0, 0.05) is 16.1 Å². The van der Waals surface area contributed by atoms with Crippen LogP contribution in [0.1, 0.15) is 43.6 Å². The van der Waals surface area contributed by atoms with Gasteiger partial charge in [0.05, 0.1) is 5.25 Å². The molecule has 0 spiro atoms. The summed E-state index contributed by atoms with van der Waals surface area (Å²) in [6, 6.07) is 14.9. The van der Waals surface area contributed by atoms with Crippen molar-refractivity contribution in [1.82, 2.24) is 10.2 Å². The highest BCUT2D eigenvalue weighted by Crippen LogP contribution is 2.29. The molecule has 0 aliphatic carbocycles. The van der Waals surface area contributed by atoms with E-state index in [0.29, 0.717) is 21.7 Å². The van der Waals surface area contributed by atoms with Gasteiger partial charge in [0.25, 0.3) is 5.22 Å². The number of benzene rings is 2. The highest BCUT2D eigenvalue weighted by atomic mass is 35.5. The summed E-state index contributed by atoms with van der Waals surface area (Å²) < 4.78 is 5.68. The molecule has 0 aliphatic rings. The average Bonchev–Trinajstić information content (AvgIpc) is 3.09. The number of ketones is 1. The molecule has 4 nitrogen and oxygen atoms in total. The summed E-state index contributed by atoms with van der Waals surface area (Å²) in [6.07, 6.45) is 0. The lowest BCUT2D eigenvalue weighted by molar-refractivity contribution is 0.0993. The van der Waals surface area contributed by atoms with Gasteiger partial charge < -0.3 is 4.42 Å². The number of carbonyl (C=O) groups excluding carboxylic acids is 1. The Labute approximate surface area is 168 Å². The van der Waals surface area contributed by atoms with E-state index >= 15 is 0 Å². The summed E-state index contributed by atoms with van der Waals surface area (Å²) in [7, 11) is 0. The third kappa shape index (κ3) is 4.79. The maximum Gasteiger partial charge on any atom is 0.277 e. The molecule has 6 heteroatoms. The van der Waals surface area contributed by atoms with Crippen LogP contribution in [0.15, 0.2) is 58.2 Å². The van der Waals surface area contributed by atoms with Gasteiger partial charge >= 0.3 is 0 Å². The Morgan fingerprint density at radius 3 is 2.26 bits per heavy atom. The molecule has 1 unspecified atom stereocenters. The maximum atomic E-state index is 12.7. The molecule has 3 aromatic rings. The zero-order valence-electron chi connectivity index (χ0n) is 15.7. The average molecular weight is 401 g/mol. The molecule has 0 saturated heterocycles. The molecule has 0 saturated carbocycles. The molecule has 0 aliphatic heterocycles. The fourth-order valence-electron chi connectivity index (χ4n) is 2.54. The molecule has 0 N–H and O–H groups in total. The number of Topliss-reactive ketones (excluding diaryl/α,β-unsaturated/α-hetero) is 1. The van der Waals surface area contributed by atoms with Gasteiger partial charge in [0.15, 0.2) is 5.78 Å². The number of hydrogen-bond donors (Lipinski definition) is 0. The lowest BCUT2D eigenvalue weighted by Crippen LogP contribution is -2.15. The Kier molecular flexibility index (Phi) is 5.72. The van der Waals surface area contributed by atoms with E-state index in [-0.39, 0.29) is 16.4 Å². The Balaban J connectivity index is 1.69. The van der Waals surface area contributed by atoms with Gasteiger partial charge in [-0.3, -0.25) is 4.79 Å². The van der Waals surface area contributed by atoms with Gasteiger partial charge in [-0.05, 0) is 42.2 Å². The second kappa shape index (κ2) is 7.87. The van der Waals surface area contributed by atoms with E-state index in [1.54, 1.807) is 12.1 Å². The van der Waals surface area contributed by atoms with Crippen LogP contribution >= 0.6 is 23.4 Å². The highest BCUT2D eigenvalue weighted by molar-refractivity contribution is 8.00. The van der Waals surface area contributed by atoms with Gasteiger partial charge in [-0.2, -0.15) is 0 Å². The predicted molar refractivity (Wildman–Crippen MR) is 110 cm³/mol. The fourth-order valence-corrected chi connectivity index (χ4v) is 3.43. The number of rotatable bonds is 5. The van der Waals surface area contributed by atoms with Crippen molar-refractivity contribution >= 4 is 29.1 Å². The number of nitrogens with zero attached hydrogens (tertiary/aromatic N) is 2. The molecule has 1 aromatic heterocycles. The summed E-state index contributed by atoms with van der Waals surface area (Å²) in [6.45, 7) is 8.29. The molecule has 2 aromatic carbocycles. The minimum Gasteiger partial charge on any atom is -0.411 e. The van der Waals surface area contributed by atoms with E-state index in [2.05, 4.69) is 31.0 Å². The summed E-state index contributed by atoms with van der Waals surface area (Å²) in [4.78, 5) is 12.7. The first-order chi connectivity index (χ1) is 12.7. The van der Waals surface area contributed by atoms with Crippen molar-refractivity contribution < 1.29 is 9.21 Å². The van der Waals surface area contributed by atoms with Crippen molar-refractivity contribution in [3.05, 3.63) is 64.7 Å². The van der Waals surface area contributed by atoms with Crippen molar-refractivity contribution in [2.45, 2.75) is 43.6 Å². The van der Waals surface area contributed by atoms with Crippen LogP contribution in [-0.4, -0.2) is 21.2 Å². The van der Waals surface area contributed by atoms with E-state index in [1.807, 2.05) is 43.3 Å². The molecule has 27 heavy (non-hydrogen) atoms. The lowest BCUT2D eigenvalue weighted by Gasteiger charge is -2.19. The van der Waals surface area contributed by atoms with E-state index < -0.39 is 0 Å². The fraction of sp³-hybridized carbons (Fsp3) is 0.286. The van der Waals surface area contributed by atoms with Gasteiger partial charge in [0.2, 0.25) is 5.89 Å². The molecule has 3 rings (SSSR count).